The van der Waals surface area contributed by atoms with Crippen molar-refractivity contribution < 1.29 is 0 Å². The summed E-state index contributed by atoms with van der Waals surface area (Å²) in [5.41, 5.74) is 2.75. The highest BCUT2D eigenvalue weighted by Gasteiger charge is 1.96. The summed E-state index contributed by atoms with van der Waals surface area (Å²) < 4.78 is 0. The van der Waals surface area contributed by atoms with Gasteiger partial charge in [-0.2, -0.15) is 0 Å². The van der Waals surface area contributed by atoms with Crippen molar-refractivity contribution in [2.45, 2.75) is 39.5 Å². The smallest absolute Gasteiger partial charge is 0.0101 e. The van der Waals surface area contributed by atoms with Crippen LogP contribution in [-0.4, -0.2) is 5.75 Å². The number of thioether (sulfide) groups is 1. The zero-order chi connectivity index (χ0) is 10.3. The Labute approximate surface area is 86.7 Å². The predicted molar refractivity (Wildman–Crippen MR) is 63.7 cm³/mol. The molecular formula is C12H20S. The molecule has 0 amide bonds. The molecule has 74 valence electrons. The summed E-state index contributed by atoms with van der Waals surface area (Å²) in [6, 6.07) is 6.61. The van der Waals surface area contributed by atoms with Crippen LogP contribution >= 0.6 is 11.8 Å². The maximum Gasteiger partial charge on any atom is 0.0101 e. The fourth-order valence-electron chi connectivity index (χ4n) is 1.12. The highest BCUT2D eigenvalue weighted by molar-refractivity contribution is 7.99. The van der Waals surface area contributed by atoms with Gasteiger partial charge in [-0.25, -0.2) is 0 Å². The first-order chi connectivity index (χ1) is 6.24. The summed E-state index contributed by atoms with van der Waals surface area (Å²) in [4.78, 5) is 1.41. The Balaban J connectivity index is 0.000000671. The monoisotopic (exact) mass is 196 g/mol. The van der Waals surface area contributed by atoms with Gasteiger partial charge in [-0.05, 0) is 31.2 Å². The molecule has 0 saturated carbocycles. The number of rotatable bonds is 2. The van der Waals surface area contributed by atoms with Crippen molar-refractivity contribution in [2.24, 2.45) is 0 Å². The van der Waals surface area contributed by atoms with Crippen molar-refractivity contribution in [1.29, 1.82) is 0 Å². The van der Waals surface area contributed by atoms with Gasteiger partial charge >= 0.3 is 0 Å². The standard InChI is InChI=1S/C10H14S.C2H6/c1-4-11-10-6-5-8(2)7-9(10)3;1-2/h5-7H,4H2,1-3H3;1-2H3. The summed E-state index contributed by atoms with van der Waals surface area (Å²) >= 11 is 1.91. The SMILES string of the molecule is CC.CCSc1ccc(C)cc1C. The Morgan fingerprint density at radius 3 is 2.23 bits per heavy atom. The first kappa shape index (κ1) is 12.6. The van der Waals surface area contributed by atoms with Gasteiger partial charge in [-0.3, -0.25) is 0 Å². The third-order valence-corrected chi connectivity index (χ3v) is 2.69. The average molecular weight is 196 g/mol. The minimum Gasteiger partial charge on any atom is -0.126 e. The largest absolute Gasteiger partial charge is 0.126 e. The van der Waals surface area contributed by atoms with Gasteiger partial charge in [0.15, 0.2) is 0 Å². The van der Waals surface area contributed by atoms with Gasteiger partial charge in [0.1, 0.15) is 0 Å². The van der Waals surface area contributed by atoms with Gasteiger partial charge in [0.2, 0.25) is 0 Å². The highest BCUT2D eigenvalue weighted by atomic mass is 32.2. The van der Waals surface area contributed by atoms with Crippen LogP contribution in [0.1, 0.15) is 31.9 Å². The van der Waals surface area contributed by atoms with Crippen LogP contribution < -0.4 is 0 Å². The van der Waals surface area contributed by atoms with E-state index in [-0.39, 0.29) is 0 Å². The normalized spacial score (nSPS) is 9.00. The molecule has 0 aliphatic heterocycles. The Morgan fingerprint density at radius 1 is 1.15 bits per heavy atom. The molecule has 0 N–H and O–H groups in total. The molecule has 0 aromatic heterocycles. The van der Waals surface area contributed by atoms with Crippen molar-refractivity contribution in [3.8, 4) is 0 Å². The molecule has 0 nitrogen and oxygen atoms in total. The van der Waals surface area contributed by atoms with Gasteiger partial charge in [0, 0.05) is 4.90 Å². The first-order valence-electron chi connectivity index (χ1n) is 4.94. The van der Waals surface area contributed by atoms with Crippen LogP contribution in [0.25, 0.3) is 0 Å². The minimum absolute atomic E-state index is 1.16. The predicted octanol–water partition coefficient (Wildman–Crippen LogP) is 4.44. The molecule has 0 heterocycles. The molecule has 0 fully saturated rings. The zero-order valence-electron chi connectivity index (χ0n) is 9.35. The van der Waals surface area contributed by atoms with Gasteiger partial charge in [0.25, 0.3) is 0 Å². The molecule has 0 bridgehead atoms. The van der Waals surface area contributed by atoms with Gasteiger partial charge in [-0.15, -0.1) is 11.8 Å². The van der Waals surface area contributed by atoms with E-state index in [4.69, 9.17) is 0 Å². The lowest BCUT2D eigenvalue weighted by Crippen LogP contribution is -1.81. The molecule has 0 spiro atoms. The molecule has 1 aromatic rings. The van der Waals surface area contributed by atoms with Crippen molar-refractivity contribution in [2.75, 3.05) is 5.75 Å². The van der Waals surface area contributed by atoms with Crippen molar-refractivity contribution in [3.05, 3.63) is 29.3 Å². The van der Waals surface area contributed by atoms with Gasteiger partial charge in [0.05, 0.1) is 0 Å². The topological polar surface area (TPSA) is 0 Å². The second kappa shape index (κ2) is 7.02. The Bertz CT molecular complexity index is 241. The van der Waals surface area contributed by atoms with E-state index in [2.05, 4.69) is 39.0 Å². The van der Waals surface area contributed by atoms with E-state index >= 15 is 0 Å². The molecule has 0 saturated heterocycles. The van der Waals surface area contributed by atoms with Crippen LogP contribution in [-0.2, 0) is 0 Å². The van der Waals surface area contributed by atoms with Gasteiger partial charge < -0.3 is 0 Å². The summed E-state index contributed by atoms with van der Waals surface area (Å²) in [6.07, 6.45) is 0. The third kappa shape index (κ3) is 4.37. The Kier molecular flexibility index (Phi) is 6.79. The number of aryl methyl sites for hydroxylation is 2. The maximum atomic E-state index is 2.23. The lowest BCUT2D eigenvalue weighted by molar-refractivity contribution is 1.26. The number of benzene rings is 1. The Hall–Kier alpha value is -0.430. The number of hydrogen-bond acceptors (Lipinski definition) is 1. The summed E-state index contributed by atoms with van der Waals surface area (Å²) in [5, 5.41) is 0. The van der Waals surface area contributed by atoms with E-state index < -0.39 is 0 Å². The van der Waals surface area contributed by atoms with Crippen LogP contribution in [0, 0.1) is 13.8 Å². The molecule has 1 rings (SSSR count). The van der Waals surface area contributed by atoms with Crippen LogP contribution in [0.4, 0.5) is 0 Å². The second-order valence-electron chi connectivity index (χ2n) is 2.70. The summed E-state index contributed by atoms with van der Waals surface area (Å²) in [7, 11) is 0. The van der Waals surface area contributed by atoms with Crippen LogP contribution in [0.3, 0.4) is 0 Å². The quantitative estimate of drug-likeness (QED) is 0.630. The molecule has 1 aromatic carbocycles. The van der Waals surface area contributed by atoms with E-state index in [1.807, 2.05) is 25.6 Å². The van der Waals surface area contributed by atoms with E-state index in [1.165, 1.54) is 16.0 Å². The molecule has 1 heteroatoms. The lowest BCUT2D eigenvalue weighted by atomic mass is 10.2. The zero-order valence-corrected chi connectivity index (χ0v) is 10.2. The van der Waals surface area contributed by atoms with E-state index in [0.29, 0.717) is 0 Å². The van der Waals surface area contributed by atoms with Gasteiger partial charge in [-0.1, -0.05) is 38.5 Å². The number of hydrogen-bond donors (Lipinski definition) is 0. The maximum absolute atomic E-state index is 2.23. The van der Waals surface area contributed by atoms with Crippen molar-refractivity contribution in [3.63, 3.8) is 0 Å². The van der Waals surface area contributed by atoms with Crippen molar-refractivity contribution in [1.82, 2.24) is 0 Å². The highest BCUT2D eigenvalue weighted by Crippen LogP contribution is 2.22. The van der Waals surface area contributed by atoms with Crippen LogP contribution in [0.15, 0.2) is 23.1 Å². The minimum atomic E-state index is 1.16. The summed E-state index contributed by atoms with van der Waals surface area (Å²) in [6.45, 7) is 10.5. The summed E-state index contributed by atoms with van der Waals surface area (Å²) in [5.74, 6) is 1.16. The van der Waals surface area contributed by atoms with E-state index in [1.54, 1.807) is 0 Å². The molecule has 13 heavy (non-hydrogen) atoms. The fraction of sp³-hybridized carbons (Fsp3) is 0.500. The molecule has 0 atom stereocenters. The molecule has 0 aliphatic carbocycles. The van der Waals surface area contributed by atoms with Crippen LogP contribution in [0.5, 0.6) is 0 Å². The molecule has 0 radical (unpaired) electrons. The van der Waals surface area contributed by atoms with E-state index in [0.717, 1.165) is 5.75 Å². The fourth-order valence-corrected chi connectivity index (χ4v) is 1.88. The molecule has 0 unspecified atom stereocenters. The van der Waals surface area contributed by atoms with Crippen molar-refractivity contribution >= 4 is 11.8 Å². The van der Waals surface area contributed by atoms with Crippen LogP contribution in [0.2, 0.25) is 0 Å². The average Bonchev–Trinajstić information content (AvgIpc) is 2.14. The molecular weight excluding hydrogens is 176 g/mol. The second-order valence-corrected chi connectivity index (χ2v) is 4.01. The lowest BCUT2D eigenvalue weighted by Gasteiger charge is -2.03. The third-order valence-electron chi connectivity index (χ3n) is 1.63. The van der Waals surface area contributed by atoms with E-state index in [9.17, 15) is 0 Å². The Morgan fingerprint density at radius 2 is 1.77 bits per heavy atom. The molecule has 0 aliphatic rings. The first-order valence-corrected chi connectivity index (χ1v) is 5.92.